The van der Waals surface area contributed by atoms with Gasteiger partial charge in [-0.15, -0.1) is 0 Å². The summed E-state index contributed by atoms with van der Waals surface area (Å²) in [5.74, 6) is 1.65. The summed E-state index contributed by atoms with van der Waals surface area (Å²) in [6.45, 7) is 2.92. The zero-order valence-electron chi connectivity index (χ0n) is 11.9. The summed E-state index contributed by atoms with van der Waals surface area (Å²) >= 11 is 0. The van der Waals surface area contributed by atoms with Crippen molar-refractivity contribution >= 4 is 11.2 Å². The molecule has 1 aliphatic heterocycles. The van der Waals surface area contributed by atoms with Gasteiger partial charge in [-0.1, -0.05) is 30.3 Å². The first-order valence-corrected chi connectivity index (χ1v) is 7.47. The highest BCUT2D eigenvalue weighted by Gasteiger charge is 2.23. The van der Waals surface area contributed by atoms with Gasteiger partial charge in [0.1, 0.15) is 11.3 Å². The Morgan fingerprint density at radius 3 is 2.86 bits per heavy atom. The van der Waals surface area contributed by atoms with Gasteiger partial charge in [-0.3, -0.25) is 0 Å². The summed E-state index contributed by atoms with van der Waals surface area (Å²) in [7, 11) is 0. The second-order valence-electron chi connectivity index (χ2n) is 5.58. The molecule has 0 amide bonds. The second-order valence-corrected chi connectivity index (χ2v) is 5.58. The first kappa shape index (κ1) is 12.5. The van der Waals surface area contributed by atoms with Gasteiger partial charge >= 0.3 is 0 Å². The van der Waals surface area contributed by atoms with Gasteiger partial charge in [-0.2, -0.15) is 0 Å². The fourth-order valence-corrected chi connectivity index (χ4v) is 3.08. The first-order valence-electron chi connectivity index (χ1n) is 7.47. The lowest BCUT2D eigenvalue weighted by Gasteiger charge is -2.12. The Bertz CT molecular complexity index is 742. The largest absolute Gasteiger partial charge is 0.316 e. The molecule has 0 bridgehead atoms. The molecule has 1 unspecified atom stereocenters. The van der Waals surface area contributed by atoms with E-state index in [1.54, 1.807) is 0 Å². The van der Waals surface area contributed by atoms with E-state index in [0.29, 0.717) is 5.92 Å². The Morgan fingerprint density at radius 2 is 2.05 bits per heavy atom. The fourth-order valence-electron chi connectivity index (χ4n) is 3.08. The molecular weight excluding hydrogens is 260 g/mol. The summed E-state index contributed by atoms with van der Waals surface area (Å²) in [6, 6.07) is 14.5. The summed E-state index contributed by atoms with van der Waals surface area (Å²) < 4.78 is 2.28. The van der Waals surface area contributed by atoms with Crippen LogP contribution in [0.1, 0.15) is 23.7 Å². The minimum Gasteiger partial charge on any atom is -0.316 e. The Labute approximate surface area is 123 Å². The smallest absolute Gasteiger partial charge is 0.160 e. The molecule has 4 rings (SSSR count). The SMILES string of the molecule is c1ccc(Cn2c(C3CCNC3)nc3cccnc32)cc1. The van der Waals surface area contributed by atoms with Crippen molar-refractivity contribution in [2.24, 2.45) is 0 Å². The number of benzene rings is 1. The van der Waals surface area contributed by atoms with Crippen molar-refractivity contribution in [2.75, 3.05) is 13.1 Å². The Hall–Kier alpha value is -2.20. The van der Waals surface area contributed by atoms with Crippen molar-refractivity contribution in [3.05, 3.63) is 60.0 Å². The molecule has 2 aromatic heterocycles. The molecule has 4 nitrogen and oxygen atoms in total. The molecule has 3 aromatic rings. The van der Waals surface area contributed by atoms with Gasteiger partial charge in [0.25, 0.3) is 0 Å². The molecule has 0 saturated carbocycles. The number of rotatable bonds is 3. The maximum atomic E-state index is 4.85. The van der Waals surface area contributed by atoms with Crippen LogP contribution in [0.15, 0.2) is 48.7 Å². The van der Waals surface area contributed by atoms with Gasteiger partial charge in [-0.05, 0) is 30.7 Å². The van der Waals surface area contributed by atoms with E-state index in [-0.39, 0.29) is 0 Å². The van der Waals surface area contributed by atoms with Crippen LogP contribution in [0, 0.1) is 0 Å². The van der Waals surface area contributed by atoms with Crippen molar-refractivity contribution in [3.63, 3.8) is 0 Å². The molecule has 3 heterocycles. The minimum absolute atomic E-state index is 0.489. The minimum atomic E-state index is 0.489. The van der Waals surface area contributed by atoms with Crippen molar-refractivity contribution in [1.29, 1.82) is 0 Å². The Balaban J connectivity index is 1.82. The van der Waals surface area contributed by atoms with E-state index in [1.165, 1.54) is 5.56 Å². The quantitative estimate of drug-likeness (QED) is 0.800. The maximum Gasteiger partial charge on any atom is 0.160 e. The number of pyridine rings is 1. The van der Waals surface area contributed by atoms with Gasteiger partial charge in [-0.25, -0.2) is 9.97 Å². The van der Waals surface area contributed by atoms with E-state index in [4.69, 9.17) is 4.98 Å². The molecule has 1 saturated heterocycles. The number of imidazole rings is 1. The molecule has 0 radical (unpaired) electrons. The predicted molar refractivity (Wildman–Crippen MR) is 83.3 cm³/mol. The van der Waals surface area contributed by atoms with Crippen LogP contribution >= 0.6 is 0 Å². The van der Waals surface area contributed by atoms with E-state index in [0.717, 1.165) is 43.0 Å². The molecule has 1 atom stereocenters. The van der Waals surface area contributed by atoms with Gasteiger partial charge in [0, 0.05) is 18.7 Å². The third-order valence-electron chi connectivity index (χ3n) is 4.14. The van der Waals surface area contributed by atoms with E-state index in [9.17, 15) is 0 Å². The number of nitrogens with zero attached hydrogens (tertiary/aromatic N) is 3. The Morgan fingerprint density at radius 1 is 1.14 bits per heavy atom. The third kappa shape index (κ3) is 2.32. The fraction of sp³-hybridized carbons (Fsp3) is 0.294. The van der Waals surface area contributed by atoms with Crippen LogP contribution in [0.25, 0.3) is 11.2 Å². The summed E-state index contributed by atoms with van der Waals surface area (Å²) in [4.78, 5) is 9.40. The number of fused-ring (bicyclic) bond motifs is 1. The molecule has 1 aliphatic rings. The van der Waals surface area contributed by atoms with Crippen LogP contribution in [-0.4, -0.2) is 27.6 Å². The highest BCUT2D eigenvalue weighted by atomic mass is 15.1. The van der Waals surface area contributed by atoms with E-state index in [2.05, 4.69) is 51.3 Å². The van der Waals surface area contributed by atoms with Crippen LogP contribution < -0.4 is 5.32 Å². The molecule has 4 heteroatoms. The van der Waals surface area contributed by atoms with Crippen LogP contribution in [0.3, 0.4) is 0 Å². The lowest BCUT2D eigenvalue weighted by molar-refractivity contribution is 0.640. The predicted octanol–water partition coefficient (Wildman–Crippen LogP) is 2.56. The summed E-state index contributed by atoms with van der Waals surface area (Å²) in [5, 5.41) is 3.43. The number of hydrogen-bond acceptors (Lipinski definition) is 3. The van der Waals surface area contributed by atoms with E-state index < -0.39 is 0 Å². The number of nitrogens with one attached hydrogen (secondary N) is 1. The van der Waals surface area contributed by atoms with Crippen molar-refractivity contribution in [1.82, 2.24) is 19.9 Å². The lowest BCUT2D eigenvalue weighted by atomic mass is 10.1. The molecule has 1 N–H and O–H groups in total. The molecule has 1 fully saturated rings. The molecule has 106 valence electrons. The summed E-state index contributed by atoms with van der Waals surface area (Å²) in [6.07, 6.45) is 3.00. The standard InChI is InChI=1S/C17H18N4/c1-2-5-13(6-3-1)12-21-16(14-8-10-18-11-14)20-15-7-4-9-19-17(15)21/h1-7,9,14,18H,8,10-12H2. The summed E-state index contributed by atoms with van der Waals surface area (Å²) in [5.41, 5.74) is 3.27. The van der Waals surface area contributed by atoms with Crippen LogP contribution in [0.5, 0.6) is 0 Å². The van der Waals surface area contributed by atoms with Crippen LogP contribution in [0.4, 0.5) is 0 Å². The van der Waals surface area contributed by atoms with Crippen molar-refractivity contribution in [3.8, 4) is 0 Å². The molecule has 0 spiro atoms. The van der Waals surface area contributed by atoms with Crippen molar-refractivity contribution < 1.29 is 0 Å². The molecule has 0 aliphatic carbocycles. The monoisotopic (exact) mass is 278 g/mol. The topological polar surface area (TPSA) is 42.7 Å². The molecule has 1 aromatic carbocycles. The molecule has 21 heavy (non-hydrogen) atoms. The van der Waals surface area contributed by atoms with Crippen LogP contribution in [-0.2, 0) is 6.54 Å². The normalized spacial score (nSPS) is 18.4. The average Bonchev–Trinajstić information content (AvgIpc) is 3.16. The van der Waals surface area contributed by atoms with E-state index >= 15 is 0 Å². The molecular formula is C17H18N4. The van der Waals surface area contributed by atoms with Gasteiger partial charge < -0.3 is 9.88 Å². The zero-order valence-corrected chi connectivity index (χ0v) is 11.9. The Kier molecular flexibility index (Phi) is 3.16. The number of hydrogen-bond donors (Lipinski definition) is 1. The lowest BCUT2D eigenvalue weighted by Crippen LogP contribution is -2.13. The zero-order chi connectivity index (χ0) is 14.1. The highest BCUT2D eigenvalue weighted by molar-refractivity contribution is 5.71. The van der Waals surface area contributed by atoms with Gasteiger partial charge in [0.2, 0.25) is 0 Å². The van der Waals surface area contributed by atoms with E-state index in [1.807, 2.05) is 12.3 Å². The third-order valence-corrected chi connectivity index (χ3v) is 4.14. The second kappa shape index (κ2) is 5.30. The van der Waals surface area contributed by atoms with Gasteiger partial charge in [0.05, 0.1) is 6.54 Å². The van der Waals surface area contributed by atoms with Gasteiger partial charge in [0.15, 0.2) is 5.65 Å². The number of aromatic nitrogens is 3. The maximum absolute atomic E-state index is 4.85. The van der Waals surface area contributed by atoms with Crippen molar-refractivity contribution in [2.45, 2.75) is 18.9 Å². The first-order chi connectivity index (χ1) is 10.4. The average molecular weight is 278 g/mol. The highest BCUT2D eigenvalue weighted by Crippen LogP contribution is 2.26. The van der Waals surface area contributed by atoms with Crippen LogP contribution in [0.2, 0.25) is 0 Å².